The lowest BCUT2D eigenvalue weighted by Crippen LogP contribution is -2.21. The van der Waals surface area contributed by atoms with Gasteiger partial charge >= 0.3 is 0 Å². The number of rotatable bonds is 5. The lowest BCUT2D eigenvalue weighted by atomic mass is 10.1. The predicted octanol–water partition coefficient (Wildman–Crippen LogP) is 3.84. The number of hydrogen-bond donors (Lipinski definition) is 1. The first-order chi connectivity index (χ1) is 10.5. The standard InChI is InChI=1S/C17H18ClNO2S/c1-12-5-3-6-13(2)17(12)19-16(20)11-22(21)10-14-7-4-8-15(18)9-14/h3-9H,10-11H2,1-2H3,(H,19,20). The van der Waals surface area contributed by atoms with Crippen LogP contribution in [0.2, 0.25) is 5.02 Å². The van der Waals surface area contributed by atoms with Gasteiger partial charge in [0.25, 0.3) is 0 Å². The molecule has 0 saturated carbocycles. The Labute approximate surface area is 138 Å². The summed E-state index contributed by atoms with van der Waals surface area (Å²) >= 11 is 5.90. The van der Waals surface area contributed by atoms with Crippen LogP contribution in [0.5, 0.6) is 0 Å². The fourth-order valence-electron chi connectivity index (χ4n) is 2.20. The van der Waals surface area contributed by atoms with Crippen molar-refractivity contribution < 1.29 is 9.00 Å². The van der Waals surface area contributed by atoms with Gasteiger partial charge in [0.15, 0.2) is 0 Å². The van der Waals surface area contributed by atoms with Gasteiger partial charge in [-0.2, -0.15) is 0 Å². The quantitative estimate of drug-likeness (QED) is 0.902. The normalized spacial score (nSPS) is 12.0. The highest BCUT2D eigenvalue weighted by Gasteiger charge is 2.11. The number of aryl methyl sites for hydroxylation is 2. The molecule has 5 heteroatoms. The average Bonchev–Trinajstić information content (AvgIpc) is 2.43. The Morgan fingerprint density at radius 1 is 1.14 bits per heavy atom. The summed E-state index contributed by atoms with van der Waals surface area (Å²) in [5.74, 6) is 0.0545. The van der Waals surface area contributed by atoms with Gasteiger partial charge in [-0.05, 0) is 42.7 Å². The minimum Gasteiger partial charge on any atom is -0.325 e. The molecule has 1 amide bonds. The molecule has 22 heavy (non-hydrogen) atoms. The van der Waals surface area contributed by atoms with Gasteiger partial charge in [0.05, 0.1) is 0 Å². The Kier molecular flexibility index (Phi) is 5.75. The molecular formula is C17H18ClNO2S. The third kappa shape index (κ3) is 4.68. The Balaban J connectivity index is 1.96. The van der Waals surface area contributed by atoms with Crippen LogP contribution in [0.1, 0.15) is 16.7 Å². The van der Waals surface area contributed by atoms with E-state index in [-0.39, 0.29) is 11.7 Å². The van der Waals surface area contributed by atoms with Crippen LogP contribution in [0.4, 0.5) is 5.69 Å². The van der Waals surface area contributed by atoms with Crippen molar-refractivity contribution in [2.45, 2.75) is 19.6 Å². The molecule has 2 rings (SSSR count). The topological polar surface area (TPSA) is 46.2 Å². The zero-order valence-corrected chi connectivity index (χ0v) is 14.1. The van der Waals surface area contributed by atoms with Crippen molar-refractivity contribution >= 4 is 34.0 Å². The molecule has 2 aromatic rings. The fraction of sp³-hybridized carbons (Fsp3) is 0.235. The zero-order chi connectivity index (χ0) is 16.1. The van der Waals surface area contributed by atoms with Crippen molar-refractivity contribution in [1.29, 1.82) is 0 Å². The molecule has 0 aliphatic rings. The molecule has 0 radical (unpaired) electrons. The van der Waals surface area contributed by atoms with Gasteiger partial charge in [0, 0.05) is 27.3 Å². The van der Waals surface area contributed by atoms with E-state index in [1.54, 1.807) is 12.1 Å². The van der Waals surface area contributed by atoms with Gasteiger partial charge in [-0.25, -0.2) is 0 Å². The highest BCUT2D eigenvalue weighted by Crippen LogP contribution is 2.19. The van der Waals surface area contributed by atoms with Crippen LogP contribution in [0.25, 0.3) is 0 Å². The van der Waals surface area contributed by atoms with Crippen LogP contribution in [0.15, 0.2) is 42.5 Å². The highest BCUT2D eigenvalue weighted by atomic mass is 35.5. The van der Waals surface area contributed by atoms with E-state index in [0.717, 1.165) is 22.4 Å². The molecule has 0 aromatic heterocycles. The second kappa shape index (κ2) is 7.56. The van der Waals surface area contributed by atoms with E-state index in [9.17, 15) is 9.00 Å². The molecule has 0 aliphatic heterocycles. The molecule has 0 heterocycles. The maximum atomic E-state index is 12.1. The molecule has 0 bridgehead atoms. The second-order valence-electron chi connectivity index (χ2n) is 5.17. The van der Waals surface area contributed by atoms with Crippen LogP contribution in [0, 0.1) is 13.8 Å². The summed E-state index contributed by atoms with van der Waals surface area (Å²) in [6.07, 6.45) is 0. The Hall–Kier alpha value is -1.65. The minimum atomic E-state index is -1.27. The summed E-state index contributed by atoms with van der Waals surface area (Å²) in [5.41, 5.74) is 3.65. The van der Waals surface area contributed by atoms with Crippen molar-refractivity contribution in [3.63, 3.8) is 0 Å². The van der Waals surface area contributed by atoms with Crippen LogP contribution < -0.4 is 5.32 Å². The molecule has 1 N–H and O–H groups in total. The lowest BCUT2D eigenvalue weighted by molar-refractivity contribution is -0.113. The third-order valence-electron chi connectivity index (χ3n) is 3.25. The maximum Gasteiger partial charge on any atom is 0.237 e. The number of carbonyl (C=O) groups excluding carboxylic acids is 1. The molecule has 3 nitrogen and oxygen atoms in total. The van der Waals surface area contributed by atoms with Gasteiger partial charge in [-0.3, -0.25) is 9.00 Å². The summed E-state index contributed by atoms with van der Waals surface area (Å²) in [7, 11) is -1.27. The largest absolute Gasteiger partial charge is 0.325 e. The van der Waals surface area contributed by atoms with Crippen molar-refractivity contribution in [2.75, 3.05) is 11.1 Å². The molecule has 1 atom stereocenters. The van der Waals surface area contributed by atoms with Gasteiger partial charge < -0.3 is 5.32 Å². The van der Waals surface area contributed by atoms with Gasteiger partial charge in [0.2, 0.25) is 5.91 Å². The summed E-state index contributed by atoms with van der Waals surface area (Å²) in [5, 5.41) is 3.45. The van der Waals surface area contributed by atoms with Crippen LogP contribution in [-0.2, 0) is 21.3 Å². The third-order valence-corrected chi connectivity index (χ3v) is 4.73. The number of halogens is 1. The highest BCUT2D eigenvalue weighted by molar-refractivity contribution is 7.84. The van der Waals surface area contributed by atoms with E-state index >= 15 is 0 Å². The lowest BCUT2D eigenvalue weighted by Gasteiger charge is -2.11. The fourth-order valence-corrected chi connectivity index (χ4v) is 3.43. The van der Waals surface area contributed by atoms with Gasteiger partial charge in [0.1, 0.15) is 5.75 Å². The number of carbonyl (C=O) groups is 1. The molecule has 0 aliphatic carbocycles. The summed E-state index contributed by atoms with van der Waals surface area (Å²) in [6, 6.07) is 13.0. The van der Waals surface area contributed by atoms with Crippen LogP contribution >= 0.6 is 11.6 Å². The van der Waals surface area contributed by atoms with E-state index in [4.69, 9.17) is 11.6 Å². The van der Waals surface area contributed by atoms with Gasteiger partial charge in [-0.1, -0.05) is 41.9 Å². The monoisotopic (exact) mass is 335 g/mol. The Bertz CT molecular complexity index is 695. The summed E-state index contributed by atoms with van der Waals surface area (Å²) < 4.78 is 12.1. The molecule has 2 aromatic carbocycles. The summed E-state index contributed by atoms with van der Waals surface area (Å²) in [4.78, 5) is 12.1. The number of amides is 1. The van der Waals surface area contributed by atoms with Crippen molar-refractivity contribution in [3.8, 4) is 0 Å². The maximum absolute atomic E-state index is 12.1. The first-order valence-corrected chi connectivity index (χ1v) is 8.78. The van der Waals surface area contributed by atoms with E-state index in [2.05, 4.69) is 5.32 Å². The van der Waals surface area contributed by atoms with Crippen LogP contribution in [-0.4, -0.2) is 15.9 Å². The minimum absolute atomic E-state index is 0.0275. The van der Waals surface area contributed by atoms with E-state index in [1.165, 1.54) is 0 Å². The van der Waals surface area contributed by atoms with E-state index < -0.39 is 10.8 Å². The molecule has 0 saturated heterocycles. The van der Waals surface area contributed by atoms with Crippen molar-refractivity contribution in [3.05, 3.63) is 64.2 Å². The van der Waals surface area contributed by atoms with E-state index in [1.807, 2.05) is 44.2 Å². The van der Waals surface area contributed by atoms with Gasteiger partial charge in [-0.15, -0.1) is 0 Å². The number of benzene rings is 2. The molecule has 1 unspecified atom stereocenters. The number of hydrogen-bond acceptors (Lipinski definition) is 2. The van der Waals surface area contributed by atoms with E-state index in [0.29, 0.717) is 10.8 Å². The zero-order valence-electron chi connectivity index (χ0n) is 12.6. The predicted molar refractivity (Wildman–Crippen MR) is 92.7 cm³/mol. The molecular weight excluding hydrogens is 318 g/mol. The average molecular weight is 336 g/mol. The van der Waals surface area contributed by atoms with Crippen LogP contribution in [0.3, 0.4) is 0 Å². The molecule has 0 fully saturated rings. The molecule has 0 spiro atoms. The Morgan fingerprint density at radius 3 is 2.41 bits per heavy atom. The summed E-state index contributed by atoms with van der Waals surface area (Å²) in [6.45, 7) is 3.87. The first-order valence-electron chi connectivity index (χ1n) is 6.91. The molecule has 116 valence electrons. The van der Waals surface area contributed by atoms with Crippen molar-refractivity contribution in [1.82, 2.24) is 0 Å². The van der Waals surface area contributed by atoms with Crippen molar-refractivity contribution in [2.24, 2.45) is 0 Å². The Morgan fingerprint density at radius 2 is 1.77 bits per heavy atom. The number of anilines is 1. The number of nitrogens with one attached hydrogen (secondary N) is 1. The smallest absolute Gasteiger partial charge is 0.237 e. The first kappa shape index (κ1) is 16.7. The SMILES string of the molecule is Cc1cccc(C)c1NC(=O)CS(=O)Cc1cccc(Cl)c1. The number of para-hydroxylation sites is 1. The second-order valence-corrected chi connectivity index (χ2v) is 7.07.